The minimum atomic E-state index is -0.755. The zero-order valence-corrected chi connectivity index (χ0v) is 19.9. The van der Waals surface area contributed by atoms with Crippen molar-refractivity contribution in [3.63, 3.8) is 0 Å². The predicted octanol–water partition coefficient (Wildman–Crippen LogP) is 4.18. The molecule has 2 aromatic heterocycles. The van der Waals surface area contributed by atoms with Crippen LogP contribution in [0, 0.1) is 12.8 Å². The van der Waals surface area contributed by atoms with Gasteiger partial charge in [-0.25, -0.2) is 9.78 Å². The van der Waals surface area contributed by atoms with E-state index in [0.717, 1.165) is 42.6 Å². The van der Waals surface area contributed by atoms with Crippen LogP contribution in [-0.4, -0.2) is 56.5 Å². The number of nitrogens with zero attached hydrogens (tertiary/aromatic N) is 4. The topological polar surface area (TPSA) is 107 Å². The van der Waals surface area contributed by atoms with Crippen molar-refractivity contribution >= 4 is 12.1 Å². The van der Waals surface area contributed by atoms with Crippen LogP contribution in [0.15, 0.2) is 18.3 Å². The lowest BCUT2D eigenvalue weighted by molar-refractivity contribution is -0.143. The van der Waals surface area contributed by atoms with Gasteiger partial charge >= 0.3 is 12.1 Å². The van der Waals surface area contributed by atoms with Crippen molar-refractivity contribution in [2.45, 2.75) is 65.1 Å². The van der Waals surface area contributed by atoms with Gasteiger partial charge < -0.3 is 19.5 Å². The normalized spacial score (nSPS) is 18.1. The highest BCUT2D eigenvalue weighted by atomic mass is 16.6. The van der Waals surface area contributed by atoms with E-state index in [-0.39, 0.29) is 24.7 Å². The van der Waals surface area contributed by atoms with Crippen LogP contribution in [0.5, 0.6) is 5.75 Å². The molecule has 2 atom stereocenters. The maximum absolute atomic E-state index is 12.3. The lowest BCUT2D eigenvalue weighted by Gasteiger charge is -2.27. The quantitative estimate of drug-likeness (QED) is 0.601. The molecule has 1 N–H and O–H groups in total. The Morgan fingerprint density at radius 1 is 1.30 bits per heavy atom. The number of aryl methyl sites for hydroxylation is 2. The predicted molar refractivity (Wildman–Crippen MR) is 123 cm³/mol. The molecule has 0 unspecified atom stereocenters. The number of pyridine rings is 1. The molecule has 33 heavy (non-hydrogen) atoms. The number of carbonyl (C=O) groups is 2. The minimum absolute atomic E-state index is 0.0960. The van der Waals surface area contributed by atoms with Crippen molar-refractivity contribution in [3.8, 4) is 17.0 Å². The Kier molecular flexibility index (Phi) is 8.30. The van der Waals surface area contributed by atoms with Crippen LogP contribution in [0.4, 0.5) is 4.79 Å². The number of hydrogen-bond acceptors (Lipinski definition) is 6. The number of aromatic nitrogens is 3. The molecule has 2 aromatic rings. The van der Waals surface area contributed by atoms with Gasteiger partial charge in [-0.15, -0.1) is 0 Å². The third kappa shape index (κ3) is 6.24. The molecule has 1 aliphatic carbocycles. The number of aliphatic carboxylic acids is 1. The summed E-state index contributed by atoms with van der Waals surface area (Å²) in [5.41, 5.74) is 2.98. The Bertz CT molecular complexity index is 974. The summed E-state index contributed by atoms with van der Waals surface area (Å²) in [4.78, 5) is 29.9. The Morgan fingerprint density at radius 3 is 2.79 bits per heavy atom. The summed E-state index contributed by atoms with van der Waals surface area (Å²) < 4.78 is 13.3. The molecule has 0 spiro atoms. The van der Waals surface area contributed by atoms with Crippen LogP contribution in [0.25, 0.3) is 11.3 Å². The molecular formula is C24H34N4O5. The van der Waals surface area contributed by atoms with Gasteiger partial charge in [0.2, 0.25) is 0 Å². The number of rotatable bonds is 9. The second-order valence-corrected chi connectivity index (χ2v) is 8.68. The fourth-order valence-corrected chi connectivity index (χ4v) is 4.05. The van der Waals surface area contributed by atoms with Crippen LogP contribution in [0.3, 0.4) is 0 Å². The van der Waals surface area contributed by atoms with Crippen molar-refractivity contribution < 1.29 is 24.2 Å². The van der Waals surface area contributed by atoms with Gasteiger partial charge in [0.25, 0.3) is 0 Å². The minimum Gasteiger partial charge on any atom is -0.489 e. The lowest BCUT2D eigenvalue weighted by Crippen LogP contribution is -2.29. The second kappa shape index (κ2) is 11.2. The summed E-state index contributed by atoms with van der Waals surface area (Å²) in [6.45, 7) is 4.70. The molecule has 1 fully saturated rings. The van der Waals surface area contributed by atoms with Gasteiger partial charge in [-0.05, 0) is 51.2 Å². The molecule has 3 rings (SSSR count). The molecule has 1 aliphatic rings. The van der Waals surface area contributed by atoms with Gasteiger partial charge in [0, 0.05) is 26.2 Å². The monoisotopic (exact) mass is 458 g/mol. The van der Waals surface area contributed by atoms with Crippen molar-refractivity contribution in [1.29, 1.82) is 0 Å². The maximum atomic E-state index is 12.3. The summed E-state index contributed by atoms with van der Waals surface area (Å²) in [6, 6.07) is 3.72. The SMILES string of the molecule is CCCCN(C)C(=O)OCc1c(-c2ccc(O[C@H]3CCC[C@H](C(=O)O)C3)c(C)n2)cnn1C. The van der Waals surface area contributed by atoms with Gasteiger partial charge in [0.1, 0.15) is 12.4 Å². The average molecular weight is 459 g/mol. The van der Waals surface area contributed by atoms with Crippen molar-refractivity contribution in [3.05, 3.63) is 29.7 Å². The van der Waals surface area contributed by atoms with Gasteiger partial charge in [0.05, 0.1) is 35.3 Å². The Balaban J connectivity index is 1.68. The number of hydrogen-bond donors (Lipinski definition) is 1. The highest BCUT2D eigenvalue weighted by Gasteiger charge is 2.28. The van der Waals surface area contributed by atoms with Gasteiger partial charge in [0.15, 0.2) is 0 Å². The molecular weight excluding hydrogens is 424 g/mol. The molecule has 9 nitrogen and oxygen atoms in total. The van der Waals surface area contributed by atoms with Crippen LogP contribution in [0.1, 0.15) is 56.8 Å². The molecule has 0 radical (unpaired) electrons. The molecule has 180 valence electrons. The molecule has 0 saturated heterocycles. The number of ether oxygens (including phenoxy) is 2. The average Bonchev–Trinajstić information content (AvgIpc) is 3.17. The first kappa shape index (κ1) is 24.5. The first-order valence-corrected chi connectivity index (χ1v) is 11.6. The number of amides is 1. The third-order valence-electron chi connectivity index (χ3n) is 6.13. The Labute approximate surface area is 194 Å². The summed E-state index contributed by atoms with van der Waals surface area (Å²) in [5.74, 6) is -0.447. The number of carbonyl (C=O) groups excluding carboxylic acids is 1. The maximum Gasteiger partial charge on any atom is 0.409 e. The van der Waals surface area contributed by atoms with E-state index in [4.69, 9.17) is 14.5 Å². The van der Waals surface area contributed by atoms with E-state index in [1.54, 1.807) is 29.9 Å². The van der Waals surface area contributed by atoms with E-state index in [0.29, 0.717) is 30.8 Å². The van der Waals surface area contributed by atoms with E-state index in [1.807, 2.05) is 19.1 Å². The standard InChI is InChI=1S/C24H34N4O5/c1-5-6-12-27(3)24(31)32-15-21-19(14-25-28(21)4)20-10-11-22(16(2)26-20)33-18-9-7-8-17(13-18)23(29)30/h10-11,14,17-18H,5-9,12-13,15H2,1-4H3,(H,29,30)/t17-,18-/m0/s1. The summed E-state index contributed by atoms with van der Waals surface area (Å²) in [5, 5.41) is 13.6. The van der Waals surface area contributed by atoms with Crippen molar-refractivity contribution in [2.75, 3.05) is 13.6 Å². The first-order chi connectivity index (χ1) is 15.8. The van der Waals surface area contributed by atoms with Crippen LogP contribution < -0.4 is 4.74 Å². The molecule has 1 amide bonds. The molecule has 9 heteroatoms. The first-order valence-electron chi connectivity index (χ1n) is 11.6. The molecule has 2 heterocycles. The van der Waals surface area contributed by atoms with Gasteiger partial charge in [-0.2, -0.15) is 5.10 Å². The zero-order chi connectivity index (χ0) is 24.0. The van der Waals surface area contributed by atoms with Gasteiger partial charge in [-0.1, -0.05) is 13.3 Å². The molecule has 0 bridgehead atoms. The Morgan fingerprint density at radius 2 is 2.09 bits per heavy atom. The van der Waals surface area contributed by atoms with Crippen LogP contribution in [-0.2, 0) is 23.2 Å². The fraction of sp³-hybridized carbons (Fsp3) is 0.583. The highest BCUT2D eigenvalue weighted by Crippen LogP contribution is 2.31. The van der Waals surface area contributed by atoms with E-state index < -0.39 is 5.97 Å². The van der Waals surface area contributed by atoms with E-state index in [1.165, 1.54) is 0 Å². The van der Waals surface area contributed by atoms with Crippen LogP contribution in [0.2, 0.25) is 0 Å². The third-order valence-corrected chi connectivity index (χ3v) is 6.13. The molecule has 0 aliphatic heterocycles. The molecule has 0 aromatic carbocycles. The van der Waals surface area contributed by atoms with E-state index in [2.05, 4.69) is 12.0 Å². The summed E-state index contributed by atoms with van der Waals surface area (Å²) in [7, 11) is 3.54. The van der Waals surface area contributed by atoms with Gasteiger partial charge in [-0.3, -0.25) is 9.48 Å². The lowest BCUT2D eigenvalue weighted by atomic mass is 9.87. The number of unbranched alkanes of at least 4 members (excludes halogenated alkanes) is 1. The highest BCUT2D eigenvalue weighted by molar-refractivity contribution is 5.70. The van der Waals surface area contributed by atoms with Crippen LogP contribution >= 0.6 is 0 Å². The largest absolute Gasteiger partial charge is 0.489 e. The number of carboxylic acid groups (broad SMARTS) is 1. The number of carboxylic acids is 1. The van der Waals surface area contributed by atoms with Crippen molar-refractivity contribution in [1.82, 2.24) is 19.7 Å². The smallest absolute Gasteiger partial charge is 0.409 e. The van der Waals surface area contributed by atoms with E-state index >= 15 is 0 Å². The van der Waals surface area contributed by atoms with E-state index in [9.17, 15) is 14.7 Å². The summed E-state index contributed by atoms with van der Waals surface area (Å²) >= 11 is 0. The Hall–Kier alpha value is -3.10. The molecule has 1 saturated carbocycles. The summed E-state index contributed by atoms with van der Waals surface area (Å²) in [6.07, 6.45) is 6.07. The fourth-order valence-electron chi connectivity index (χ4n) is 4.05. The van der Waals surface area contributed by atoms with Crippen molar-refractivity contribution in [2.24, 2.45) is 13.0 Å². The second-order valence-electron chi connectivity index (χ2n) is 8.68. The zero-order valence-electron chi connectivity index (χ0n) is 19.9.